The van der Waals surface area contributed by atoms with E-state index in [9.17, 15) is 4.79 Å². The molecule has 0 radical (unpaired) electrons. The molecule has 0 atom stereocenters. The van der Waals surface area contributed by atoms with E-state index in [2.05, 4.69) is 4.98 Å². The Bertz CT molecular complexity index is 547. The number of ether oxygens (including phenoxy) is 1. The lowest BCUT2D eigenvalue weighted by Gasteiger charge is -2.06. The molecular weight excluding hydrogens is 226 g/mol. The highest BCUT2D eigenvalue weighted by Crippen LogP contribution is 2.21. The van der Waals surface area contributed by atoms with Gasteiger partial charge in [-0.3, -0.25) is 4.79 Å². The van der Waals surface area contributed by atoms with E-state index in [1.165, 1.54) is 0 Å². The molecule has 1 aromatic heterocycles. The van der Waals surface area contributed by atoms with Gasteiger partial charge in [0.15, 0.2) is 5.78 Å². The maximum absolute atomic E-state index is 11.4. The second-order valence-corrected chi connectivity index (χ2v) is 4.07. The zero-order valence-electron chi connectivity index (χ0n) is 10.5. The summed E-state index contributed by atoms with van der Waals surface area (Å²) in [5.41, 5.74) is 1.62. The number of aromatic nitrogens is 1. The number of rotatable bonds is 4. The minimum absolute atomic E-state index is 0.0390. The standard InChI is InChI=1S/C15H15NO2/c1-3-15(17)14-8-7-13(10-16-14)18-12-6-4-5-11(2)9-12/h4-10H,3H2,1-2H3. The second kappa shape index (κ2) is 5.45. The Kier molecular flexibility index (Phi) is 3.72. The van der Waals surface area contributed by atoms with Crippen LogP contribution in [0.25, 0.3) is 0 Å². The molecule has 0 unspecified atom stereocenters. The van der Waals surface area contributed by atoms with Crippen molar-refractivity contribution in [1.82, 2.24) is 4.98 Å². The summed E-state index contributed by atoms with van der Waals surface area (Å²) in [4.78, 5) is 15.5. The minimum atomic E-state index is 0.0390. The molecule has 2 aromatic rings. The summed E-state index contributed by atoms with van der Waals surface area (Å²) < 4.78 is 5.65. The number of benzene rings is 1. The molecule has 0 saturated carbocycles. The lowest BCUT2D eigenvalue weighted by molar-refractivity contribution is 0.0983. The van der Waals surface area contributed by atoms with Gasteiger partial charge < -0.3 is 4.74 Å². The molecule has 0 amide bonds. The number of carbonyl (C=O) groups is 1. The molecule has 3 heteroatoms. The lowest BCUT2D eigenvalue weighted by atomic mass is 10.2. The van der Waals surface area contributed by atoms with Crippen LogP contribution in [0.4, 0.5) is 0 Å². The van der Waals surface area contributed by atoms with Gasteiger partial charge in [-0.2, -0.15) is 0 Å². The Morgan fingerprint density at radius 2 is 2.06 bits per heavy atom. The molecule has 2 rings (SSSR count). The maximum atomic E-state index is 11.4. The molecule has 0 N–H and O–H groups in total. The van der Waals surface area contributed by atoms with E-state index in [1.807, 2.05) is 38.1 Å². The average Bonchev–Trinajstić information content (AvgIpc) is 2.39. The maximum Gasteiger partial charge on any atom is 0.180 e. The molecule has 18 heavy (non-hydrogen) atoms. The summed E-state index contributed by atoms with van der Waals surface area (Å²) >= 11 is 0. The molecule has 0 aliphatic carbocycles. The predicted molar refractivity (Wildman–Crippen MR) is 70.1 cm³/mol. The van der Waals surface area contributed by atoms with E-state index < -0.39 is 0 Å². The second-order valence-electron chi connectivity index (χ2n) is 4.07. The molecule has 0 spiro atoms. The molecular formula is C15H15NO2. The van der Waals surface area contributed by atoms with E-state index in [1.54, 1.807) is 18.3 Å². The van der Waals surface area contributed by atoms with Gasteiger partial charge in [0.1, 0.15) is 17.2 Å². The molecule has 0 saturated heterocycles. The summed E-state index contributed by atoms with van der Waals surface area (Å²) in [5.74, 6) is 1.44. The van der Waals surface area contributed by atoms with Crippen molar-refractivity contribution in [3.63, 3.8) is 0 Å². The normalized spacial score (nSPS) is 10.1. The number of aryl methyl sites for hydroxylation is 1. The van der Waals surface area contributed by atoms with E-state index in [4.69, 9.17) is 4.74 Å². The van der Waals surface area contributed by atoms with Gasteiger partial charge in [-0.05, 0) is 36.8 Å². The van der Waals surface area contributed by atoms with Crippen LogP contribution in [0, 0.1) is 6.92 Å². The Hall–Kier alpha value is -2.16. The number of hydrogen-bond acceptors (Lipinski definition) is 3. The van der Waals surface area contributed by atoms with Gasteiger partial charge in [0.25, 0.3) is 0 Å². The molecule has 1 heterocycles. The van der Waals surface area contributed by atoms with Crippen LogP contribution in [-0.2, 0) is 0 Å². The Labute approximate surface area is 106 Å². The quantitative estimate of drug-likeness (QED) is 0.765. The van der Waals surface area contributed by atoms with Crippen molar-refractivity contribution in [2.24, 2.45) is 0 Å². The van der Waals surface area contributed by atoms with Crippen LogP contribution in [0.15, 0.2) is 42.6 Å². The fourth-order valence-electron chi connectivity index (χ4n) is 1.60. The van der Waals surface area contributed by atoms with Crippen molar-refractivity contribution in [2.75, 3.05) is 0 Å². The van der Waals surface area contributed by atoms with Crippen molar-refractivity contribution in [2.45, 2.75) is 20.3 Å². The molecule has 1 aromatic carbocycles. The molecule has 0 aliphatic heterocycles. The molecule has 0 aliphatic rings. The summed E-state index contributed by atoms with van der Waals surface area (Å²) in [6.07, 6.45) is 2.04. The lowest BCUT2D eigenvalue weighted by Crippen LogP contribution is -1.99. The number of Topliss-reactive ketones (excluding diaryl/α,β-unsaturated/α-hetero) is 1. The highest BCUT2D eigenvalue weighted by Gasteiger charge is 2.05. The van der Waals surface area contributed by atoms with Crippen LogP contribution in [-0.4, -0.2) is 10.8 Å². The first-order valence-corrected chi connectivity index (χ1v) is 5.93. The topological polar surface area (TPSA) is 39.2 Å². The van der Waals surface area contributed by atoms with Gasteiger partial charge in [0, 0.05) is 6.42 Å². The predicted octanol–water partition coefficient (Wildman–Crippen LogP) is 3.78. The van der Waals surface area contributed by atoms with E-state index in [-0.39, 0.29) is 5.78 Å². The molecule has 3 nitrogen and oxygen atoms in total. The van der Waals surface area contributed by atoms with Crippen LogP contribution in [0.1, 0.15) is 29.4 Å². The molecule has 0 fully saturated rings. The Morgan fingerprint density at radius 1 is 1.22 bits per heavy atom. The van der Waals surface area contributed by atoms with Crippen molar-refractivity contribution >= 4 is 5.78 Å². The summed E-state index contributed by atoms with van der Waals surface area (Å²) in [6.45, 7) is 3.83. The molecule has 92 valence electrons. The third-order valence-electron chi connectivity index (χ3n) is 2.57. The number of pyridine rings is 1. The average molecular weight is 241 g/mol. The van der Waals surface area contributed by atoms with Gasteiger partial charge in [0.05, 0.1) is 6.20 Å². The van der Waals surface area contributed by atoms with Crippen LogP contribution >= 0.6 is 0 Å². The van der Waals surface area contributed by atoms with Gasteiger partial charge in [0.2, 0.25) is 0 Å². The summed E-state index contributed by atoms with van der Waals surface area (Å²) in [6, 6.07) is 11.2. The van der Waals surface area contributed by atoms with Crippen molar-refractivity contribution in [3.8, 4) is 11.5 Å². The third kappa shape index (κ3) is 2.94. The van der Waals surface area contributed by atoms with Gasteiger partial charge in [-0.1, -0.05) is 19.1 Å². The zero-order valence-corrected chi connectivity index (χ0v) is 10.5. The van der Waals surface area contributed by atoms with Gasteiger partial charge in [-0.25, -0.2) is 4.98 Å². The van der Waals surface area contributed by atoms with E-state index in [0.717, 1.165) is 11.3 Å². The van der Waals surface area contributed by atoms with Gasteiger partial charge in [-0.15, -0.1) is 0 Å². The zero-order chi connectivity index (χ0) is 13.0. The highest BCUT2D eigenvalue weighted by atomic mass is 16.5. The number of carbonyl (C=O) groups excluding carboxylic acids is 1. The highest BCUT2D eigenvalue weighted by molar-refractivity contribution is 5.93. The van der Waals surface area contributed by atoms with Gasteiger partial charge >= 0.3 is 0 Å². The SMILES string of the molecule is CCC(=O)c1ccc(Oc2cccc(C)c2)cn1. The van der Waals surface area contributed by atoms with E-state index >= 15 is 0 Å². The first kappa shape index (κ1) is 12.3. The van der Waals surface area contributed by atoms with Crippen molar-refractivity contribution in [1.29, 1.82) is 0 Å². The summed E-state index contributed by atoms with van der Waals surface area (Å²) in [5, 5.41) is 0. The fraction of sp³-hybridized carbons (Fsp3) is 0.200. The number of ketones is 1. The first-order chi connectivity index (χ1) is 8.69. The van der Waals surface area contributed by atoms with Crippen LogP contribution in [0.5, 0.6) is 11.5 Å². The number of nitrogens with zero attached hydrogens (tertiary/aromatic N) is 1. The van der Waals surface area contributed by atoms with Crippen LogP contribution in [0.2, 0.25) is 0 Å². The Morgan fingerprint density at radius 3 is 2.67 bits per heavy atom. The molecule has 0 bridgehead atoms. The smallest absolute Gasteiger partial charge is 0.180 e. The van der Waals surface area contributed by atoms with Crippen molar-refractivity contribution in [3.05, 3.63) is 53.9 Å². The van der Waals surface area contributed by atoms with E-state index in [0.29, 0.717) is 17.9 Å². The summed E-state index contributed by atoms with van der Waals surface area (Å²) in [7, 11) is 0. The minimum Gasteiger partial charge on any atom is -0.456 e. The van der Waals surface area contributed by atoms with Crippen LogP contribution < -0.4 is 4.74 Å². The fourth-order valence-corrected chi connectivity index (χ4v) is 1.60. The first-order valence-electron chi connectivity index (χ1n) is 5.93. The number of hydrogen-bond donors (Lipinski definition) is 0. The largest absolute Gasteiger partial charge is 0.456 e. The Balaban J connectivity index is 2.13. The monoisotopic (exact) mass is 241 g/mol. The third-order valence-corrected chi connectivity index (χ3v) is 2.57. The van der Waals surface area contributed by atoms with Crippen LogP contribution in [0.3, 0.4) is 0 Å². The van der Waals surface area contributed by atoms with Crippen molar-refractivity contribution < 1.29 is 9.53 Å².